The van der Waals surface area contributed by atoms with Gasteiger partial charge in [-0.05, 0) is 36.7 Å². The Morgan fingerprint density at radius 2 is 2.25 bits per heavy atom. The zero-order valence-electron chi connectivity index (χ0n) is 15.7. The maximum atomic E-state index is 13.6. The predicted octanol–water partition coefficient (Wildman–Crippen LogP) is 3.35. The molecule has 4 rings (SSSR count). The average Bonchev–Trinajstić information content (AvgIpc) is 2.69. The molecule has 3 heterocycles. The number of hydrogen-bond acceptors (Lipinski definition) is 5. The SMILES string of the molecule is C=CC1N=C(C2C=CN(C)CC2)C=C(C2=CCc3cc(F)c(O)cc3N2)C1=O. The number of allylic oxidation sites excluding steroid dienone is 4. The van der Waals surface area contributed by atoms with Gasteiger partial charge in [0.05, 0.1) is 0 Å². The Bertz CT molecular complexity index is 974. The van der Waals surface area contributed by atoms with Crippen LogP contribution in [0, 0.1) is 11.7 Å². The van der Waals surface area contributed by atoms with Gasteiger partial charge in [0.25, 0.3) is 0 Å². The number of benzene rings is 1. The van der Waals surface area contributed by atoms with Gasteiger partial charge < -0.3 is 15.3 Å². The second kappa shape index (κ2) is 7.11. The highest BCUT2D eigenvalue weighted by atomic mass is 19.1. The van der Waals surface area contributed by atoms with Crippen LogP contribution in [0.4, 0.5) is 10.1 Å². The molecule has 1 aromatic carbocycles. The first-order valence-electron chi connectivity index (χ1n) is 9.30. The molecule has 3 aliphatic heterocycles. The molecule has 0 amide bonds. The number of Topliss-reactive ketones (excluding diaryl/α,β-unsaturated/α-hetero) is 1. The minimum absolute atomic E-state index is 0.121. The number of fused-ring (bicyclic) bond motifs is 1. The molecule has 144 valence electrons. The van der Waals surface area contributed by atoms with Gasteiger partial charge in [0.1, 0.15) is 6.04 Å². The molecule has 0 radical (unpaired) electrons. The number of anilines is 1. The fraction of sp³-hybridized carbons (Fsp3) is 0.273. The topological polar surface area (TPSA) is 64.9 Å². The van der Waals surface area contributed by atoms with Crippen LogP contribution in [-0.4, -0.2) is 41.1 Å². The number of rotatable bonds is 3. The summed E-state index contributed by atoms with van der Waals surface area (Å²) in [5.41, 5.74) is 3.38. The van der Waals surface area contributed by atoms with Gasteiger partial charge in [-0.1, -0.05) is 18.2 Å². The number of hydrogen-bond donors (Lipinski definition) is 2. The van der Waals surface area contributed by atoms with Crippen molar-refractivity contribution in [3.05, 3.63) is 71.9 Å². The van der Waals surface area contributed by atoms with Gasteiger partial charge in [0.15, 0.2) is 17.3 Å². The van der Waals surface area contributed by atoms with Crippen LogP contribution in [0.3, 0.4) is 0 Å². The van der Waals surface area contributed by atoms with Crippen molar-refractivity contribution in [2.24, 2.45) is 10.9 Å². The van der Waals surface area contributed by atoms with Gasteiger partial charge in [-0.15, -0.1) is 6.58 Å². The third-order valence-electron chi connectivity index (χ3n) is 5.34. The highest BCUT2D eigenvalue weighted by Gasteiger charge is 2.30. The molecule has 6 heteroatoms. The van der Waals surface area contributed by atoms with E-state index in [-0.39, 0.29) is 11.7 Å². The Morgan fingerprint density at radius 1 is 1.43 bits per heavy atom. The molecule has 2 N–H and O–H groups in total. The van der Waals surface area contributed by atoms with Gasteiger partial charge in [0.2, 0.25) is 0 Å². The van der Waals surface area contributed by atoms with Gasteiger partial charge in [0, 0.05) is 48.2 Å². The third kappa shape index (κ3) is 3.26. The number of carbonyl (C=O) groups is 1. The number of aliphatic imine (C=N–C) groups is 1. The molecule has 5 nitrogen and oxygen atoms in total. The number of aromatic hydroxyl groups is 1. The Hall–Kier alpha value is -3.15. The molecule has 0 saturated carbocycles. The van der Waals surface area contributed by atoms with E-state index < -0.39 is 17.6 Å². The fourth-order valence-corrected chi connectivity index (χ4v) is 3.69. The van der Waals surface area contributed by atoms with E-state index in [4.69, 9.17) is 0 Å². The van der Waals surface area contributed by atoms with Crippen molar-refractivity contribution < 1.29 is 14.3 Å². The Balaban J connectivity index is 1.67. The van der Waals surface area contributed by atoms with E-state index in [0.29, 0.717) is 23.4 Å². The van der Waals surface area contributed by atoms with Crippen LogP contribution in [-0.2, 0) is 11.2 Å². The molecule has 0 bridgehead atoms. The smallest absolute Gasteiger partial charge is 0.193 e. The summed E-state index contributed by atoms with van der Waals surface area (Å²) in [4.78, 5) is 19.6. The summed E-state index contributed by atoms with van der Waals surface area (Å²) in [5, 5.41) is 12.8. The van der Waals surface area contributed by atoms with Crippen LogP contribution in [0.15, 0.2) is 65.5 Å². The summed E-state index contributed by atoms with van der Waals surface area (Å²) >= 11 is 0. The van der Waals surface area contributed by atoms with Crippen LogP contribution in [0.1, 0.15) is 12.0 Å². The zero-order valence-corrected chi connectivity index (χ0v) is 15.7. The van der Waals surface area contributed by atoms with Crippen molar-refractivity contribution in [2.45, 2.75) is 18.9 Å². The molecule has 0 saturated heterocycles. The molecular weight excluding hydrogens is 357 g/mol. The Kier molecular flexibility index (Phi) is 4.63. The molecule has 0 aromatic heterocycles. The predicted molar refractivity (Wildman–Crippen MR) is 108 cm³/mol. The lowest BCUT2D eigenvalue weighted by Gasteiger charge is -2.28. The standard InChI is InChI=1S/C22H22FN3O2/c1-3-17-22(28)15(11-19(24-17)13-6-8-26(2)9-7-13)18-5-4-14-10-16(23)21(27)12-20(14)25-18/h3,5-6,8,10-13,17,25,27H,1,4,7,9H2,2H3. The number of phenols is 1. The second-order valence-electron chi connectivity index (χ2n) is 7.28. The molecular formula is C22H22FN3O2. The summed E-state index contributed by atoms with van der Waals surface area (Å²) in [6, 6.07) is 2.05. The summed E-state index contributed by atoms with van der Waals surface area (Å²) in [7, 11) is 2.03. The quantitative estimate of drug-likeness (QED) is 0.791. The molecule has 0 spiro atoms. The van der Waals surface area contributed by atoms with Crippen molar-refractivity contribution in [2.75, 3.05) is 18.9 Å². The zero-order chi connectivity index (χ0) is 19.8. The van der Waals surface area contributed by atoms with Gasteiger partial charge >= 0.3 is 0 Å². The number of nitrogens with zero attached hydrogens (tertiary/aromatic N) is 2. The van der Waals surface area contributed by atoms with Gasteiger partial charge in [-0.3, -0.25) is 9.79 Å². The first-order chi connectivity index (χ1) is 13.5. The van der Waals surface area contributed by atoms with Crippen LogP contribution in [0.5, 0.6) is 5.75 Å². The summed E-state index contributed by atoms with van der Waals surface area (Å²) in [6.07, 6.45) is 10.8. The van der Waals surface area contributed by atoms with Crippen LogP contribution < -0.4 is 5.32 Å². The largest absolute Gasteiger partial charge is 0.505 e. The lowest BCUT2D eigenvalue weighted by atomic mass is 9.88. The van der Waals surface area contributed by atoms with Crippen molar-refractivity contribution >= 4 is 17.2 Å². The van der Waals surface area contributed by atoms with E-state index in [9.17, 15) is 14.3 Å². The van der Waals surface area contributed by atoms with Gasteiger partial charge in [-0.25, -0.2) is 4.39 Å². The van der Waals surface area contributed by atoms with E-state index in [2.05, 4.69) is 27.9 Å². The maximum Gasteiger partial charge on any atom is 0.193 e. The van der Waals surface area contributed by atoms with E-state index in [1.54, 1.807) is 6.08 Å². The summed E-state index contributed by atoms with van der Waals surface area (Å²) in [5.74, 6) is -1.04. The number of halogens is 1. The number of nitrogens with one attached hydrogen (secondary N) is 1. The van der Waals surface area contributed by atoms with Crippen molar-refractivity contribution in [3.8, 4) is 5.75 Å². The van der Waals surface area contributed by atoms with E-state index >= 15 is 0 Å². The minimum atomic E-state index is -0.652. The van der Waals surface area contributed by atoms with Gasteiger partial charge in [-0.2, -0.15) is 0 Å². The minimum Gasteiger partial charge on any atom is -0.505 e. The Labute approximate surface area is 163 Å². The third-order valence-corrected chi connectivity index (χ3v) is 5.34. The first-order valence-corrected chi connectivity index (χ1v) is 9.30. The van der Waals surface area contributed by atoms with E-state index in [1.807, 2.05) is 25.4 Å². The van der Waals surface area contributed by atoms with Crippen LogP contribution >= 0.6 is 0 Å². The highest BCUT2D eigenvalue weighted by Crippen LogP contribution is 2.33. The summed E-state index contributed by atoms with van der Waals surface area (Å²) < 4.78 is 13.6. The molecule has 1 aromatic rings. The van der Waals surface area contributed by atoms with Crippen molar-refractivity contribution in [1.29, 1.82) is 0 Å². The molecule has 2 atom stereocenters. The molecule has 3 aliphatic rings. The molecule has 28 heavy (non-hydrogen) atoms. The number of carbonyl (C=O) groups excluding carboxylic acids is 1. The normalized spacial score (nSPS) is 24.0. The van der Waals surface area contributed by atoms with E-state index in [0.717, 1.165) is 24.2 Å². The van der Waals surface area contributed by atoms with Crippen molar-refractivity contribution in [1.82, 2.24) is 4.90 Å². The number of phenolic OH excluding ortho intramolecular Hbond substituents is 1. The average molecular weight is 379 g/mol. The lowest BCUT2D eigenvalue weighted by molar-refractivity contribution is -0.115. The maximum absolute atomic E-state index is 13.6. The van der Waals surface area contributed by atoms with Crippen molar-refractivity contribution in [3.63, 3.8) is 0 Å². The highest BCUT2D eigenvalue weighted by molar-refractivity contribution is 6.15. The summed E-state index contributed by atoms with van der Waals surface area (Å²) in [6.45, 7) is 4.69. The monoisotopic (exact) mass is 379 g/mol. The van der Waals surface area contributed by atoms with E-state index in [1.165, 1.54) is 12.1 Å². The Morgan fingerprint density at radius 3 is 2.96 bits per heavy atom. The van der Waals surface area contributed by atoms with Crippen LogP contribution in [0.2, 0.25) is 0 Å². The molecule has 0 fully saturated rings. The fourth-order valence-electron chi connectivity index (χ4n) is 3.69. The number of ketones is 1. The molecule has 2 unspecified atom stereocenters. The number of dihydropyridines is 1. The first kappa shape index (κ1) is 18.2. The lowest BCUT2D eigenvalue weighted by Crippen LogP contribution is -2.32. The van der Waals surface area contributed by atoms with Crippen LogP contribution in [0.25, 0.3) is 0 Å². The second-order valence-corrected chi connectivity index (χ2v) is 7.28. The molecule has 0 aliphatic carbocycles.